The summed E-state index contributed by atoms with van der Waals surface area (Å²) in [5.74, 6) is -1.61. The van der Waals surface area contributed by atoms with Crippen LogP contribution in [0.1, 0.15) is 11.1 Å². The molecule has 0 spiro atoms. The first-order valence-corrected chi connectivity index (χ1v) is 7.04. The Hall–Kier alpha value is -1.91. The fraction of sp³-hybridized carbons (Fsp3) is 0.333. The van der Waals surface area contributed by atoms with E-state index in [-0.39, 0.29) is 18.0 Å². The van der Waals surface area contributed by atoms with E-state index in [1.165, 1.54) is 18.2 Å². The van der Waals surface area contributed by atoms with E-state index in [1.54, 1.807) is 6.92 Å². The first-order valence-electron chi connectivity index (χ1n) is 5.60. The number of nitriles is 1. The minimum Gasteiger partial charge on any atom is -0.481 e. The molecule has 1 fully saturated rings. The largest absolute Gasteiger partial charge is 0.481 e. The zero-order valence-corrected chi connectivity index (χ0v) is 11.0. The van der Waals surface area contributed by atoms with Gasteiger partial charge in [-0.1, -0.05) is 0 Å². The summed E-state index contributed by atoms with van der Waals surface area (Å²) in [6.07, 6.45) is 0. The lowest BCUT2D eigenvalue weighted by molar-refractivity contribution is -0.145. The molecule has 0 saturated carbocycles. The van der Waals surface area contributed by atoms with Crippen LogP contribution < -0.4 is 0 Å². The monoisotopic (exact) mass is 280 g/mol. The van der Waals surface area contributed by atoms with E-state index < -0.39 is 21.9 Å². The van der Waals surface area contributed by atoms with Crippen LogP contribution in [0.15, 0.2) is 23.1 Å². The van der Waals surface area contributed by atoms with Gasteiger partial charge in [0, 0.05) is 13.1 Å². The third-order valence-corrected chi connectivity index (χ3v) is 4.98. The Balaban J connectivity index is 2.25. The number of carboxylic acids is 1. The fourth-order valence-corrected chi connectivity index (χ4v) is 3.48. The van der Waals surface area contributed by atoms with Gasteiger partial charge in [0.1, 0.15) is 0 Å². The van der Waals surface area contributed by atoms with Crippen molar-refractivity contribution in [3.8, 4) is 6.07 Å². The minimum absolute atomic E-state index is 0.00326. The first kappa shape index (κ1) is 13.5. The van der Waals surface area contributed by atoms with Gasteiger partial charge in [-0.2, -0.15) is 9.57 Å². The van der Waals surface area contributed by atoms with Crippen molar-refractivity contribution in [3.63, 3.8) is 0 Å². The predicted molar refractivity (Wildman–Crippen MR) is 65.8 cm³/mol. The summed E-state index contributed by atoms with van der Waals surface area (Å²) in [7, 11) is -3.66. The molecule has 100 valence electrons. The van der Waals surface area contributed by atoms with Crippen LogP contribution in [0, 0.1) is 24.2 Å². The van der Waals surface area contributed by atoms with Gasteiger partial charge in [0.2, 0.25) is 10.0 Å². The number of hydrogen-bond donors (Lipinski definition) is 1. The Morgan fingerprint density at radius 3 is 2.58 bits per heavy atom. The van der Waals surface area contributed by atoms with Crippen molar-refractivity contribution in [2.75, 3.05) is 13.1 Å². The maximum absolute atomic E-state index is 12.2. The van der Waals surface area contributed by atoms with E-state index in [2.05, 4.69) is 0 Å². The van der Waals surface area contributed by atoms with Crippen molar-refractivity contribution < 1.29 is 18.3 Å². The van der Waals surface area contributed by atoms with Crippen molar-refractivity contribution >= 4 is 16.0 Å². The molecule has 0 aromatic heterocycles. The van der Waals surface area contributed by atoms with Gasteiger partial charge in [0.05, 0.1) is 22.4 Å². The fourth-order valence-electron chi connectivity index (χ4n) is 1.86. The van der Waals surface area contributed by atoms with Gasteiger partial charge in [-0.3, -0.25) is 4.79 Å². The van der Waals surface area contributed by atoms with E-state index in [0.717, 1.165) is 4.31 Å². The molecule has 0 aliphatic carbocycles. The quantitative estimate of drug-likeness (QED) is 0.872. The zero-order valence-electron chi connectivity index (χ0n) is 10.2. The number of hydrogen-bond acceptors (Lipinski definition) is 4. The molecular formula is C12H12N2O4S. The number of aryl methyl sites for hydroxylation is 1. The van der Waals surface area contributed by atoms with Gasteiger partial charge in [-0.15, -0.1) is 0 Å². The van der Waals surface area contributed by atoms with Gasteiger partial charge < -0.3 is 5.11 Å². The van der Waals surface area contributed by atoms with Crippen LogP contribution in [0.3, 0.4) is 0 Å². The highest BCUT2D eigenvalue weighted by Gasteiger charge is 2.40. The summed E-state index contributed by atoms with van der Waals surface area (Å²) in [6, 6.07) is 6.22. The van der Waals surface area contributed by atoms with Crippen molar-refractivity contribution in [2.45, 2.75) is 11.8 Å². The number of nitrogens with zero attached hydrogens (tertiary/aromatic N) is 2. The summed E-state index contributed by atoms with van der Waals surface area (Å²) >= 11 is 0. The number of carboxylic acid groups (broad SMARTS) is 1. The van der Waals surface area contributed by atoms with Crippen LogP contribution in [0.25, 0.3) is 0 Å². The molecule has 0 radical (unpaired) electrons. The van der Waals surface area contributed by atoms with Crippen molar-refractivity contribution in [3.05, 3.63) is 29.3 Å². The molecule has 1 saturated heterocycles. The smallest absolute Gasteiger partial charge is 0.309 e. The van der Waals surface area contributed by atoms with Gasteiger partial charge in [0.25, 0.3) is 0 Å². The molecular weight excluding hydrogens is 268 g/mol. The molecule has 0 atom stereocenters. The average Bonchev–Trinajstić information content (AvgIpc) is 2.25. The molecule has 1 N–H and O–H groups in total. The molecule has 1 aromatic carbocycles. The number of carbonyl (C=O) groups is 1. The van der Waals surface area contributed by atoms with Crippen LogP contribution in [0.2, 0.25) is 0 Å². The van der Waals surface area contributed by atoms with Gasteiger partial charge >= 0.3 is 5.97 Å². The molecule has 1 heterocycles. The lowest BCUT2D eigenvalue weighted by Gasteiger charge is -2.35. The van der Waals surface area contributed by atoms with Crippen LogP contribution in [0.4, 0.5) is 0 Å². The van der Waals surface area contributed by atoms with Crippen molar-refractivity contribution in [1.82, 2.24) is 4.31 Å². The number of sulfonamides is 1. The summed E-state index contributed by atoms with van der Waals surface area (Å²) in [5.41, 5.74) is 1.00. The molecule has 6 nitrogen and oxygen atoms in total. The van der Waals surface area contributed by atoms with E-state index >= 15 is 0 Å². The van der Waals surface area contributed by atoms with Crippen LogP contribution in [-0.2, 0) is 14.8 Å². The summed E-state index contributed by atoms with van der Waals surface area (Å²) in [6.45, 7) is 1.65. The highest BCUT2D eigenvalue weighted by atomic mass is 32.2. The molecule has 0 bridgehead atoms. The van der Waals surface area contributed by atoms with E-state index in [1.807, 2.05) is 6.07 Å². The highest BCUT2D eigenvalue weighted by Crippen LogP contribution is 2.26. The Labute approximate surface area is 110 Å². The average molecular weight is 280 g/mol. The lowest BCUT2D eigenvalue weighted by Crippen LogP contribution is -2.52. The Kier molecular flexibility index (Phi) is 3.30. The van der Waals surface area contributed by atoms with Crippen LogP contribution in [-0.4, -0.2) is 36.9 Å². The van der Waals surface area contributed by atoms with Crippen molar-refractivity contribution in [2.24, 2.45) is 5.92 Å². The molecule has 7 heteroatoms. The second kappa shape index (κ2) is 4.64. The summed E-state index contributed by atoms with van der Waals surface area (Å²) < 4.78 is 25.5. The topological polar surface area (TPSA) is 98.5 Å². The third kappa shape index (κ3) is 2.32. The van der Waals surface area contributed by atoms with E-state index in [4.69, 9.17) is 10.4 Å². The summed E-state index contributed by atoms with van der Waals surface area (Å²) in [5, 5.41) is 17.5. The second-order valence-corrected chi connectivity index (χ2v) is 6.38. The molecule has 0 unspecified atom stereocenters. The Morgan fingerprint density at radius 2 is 2.11 bits per heavy atom. The SMILES string of the molecule is Cc1cc(S(=O)(=O)N2CC(C(=O)O)C2)ccc1C#N. The highest BCUT2D eigenvalue weighted by molar-refractivity contribution is 7.89. The zero-order chi connectivity index (χ0) is 14.2. The summed E-state index contributed by atoms with van der Waals surface area (Å²) in [4.78, 5) is 10.8. The number of aliphatic carboxylic acids is 1. The maximum atomic E-state index is 12.2. The van der Waals surface area contributed by atoms with Crippen LogP contribution in [0.5, 0.6) is 0 Å². The van der Waals surface area contributed by atoms with Gasteiger partial charge in [0.15, 0.2) is 0 Å². The third-order valence-electron chi connectivity index (χ3n) is 3.15. The predicted octanol–water partition coefficient (Wildman–Crippen LogP) is 0.572. The second-order valence-electron chi connectivity index (χ2n) is 4.45. The number of rotatable bonds is 3. The number of benzene rings is 1. The molecule has 1 aromatic rings. The van der Waals surface area contributed by atoms with Crippen molar-refractivity contribution in [1.29, 1.82) is 5.26 Å². The molecule has 19 heavy (non-hydrogen) atoms. The molecule has 1 aliphatic rings. The normalized spacial score (nSPS) is 16.6. The van der Waals surface area contributed by atoms with E-state index in [0.29, 0.717) is 11.1 Å². The molecule has 0 amide bonds. The van der Waals surface area contributed by atoms with Gasteiger partial charge in [-0.05, 0) is 30.7 Å². The molecule has 2 rings (SSSR count). The van der Waals surface area contributed by atoms with E-state index in [9.17, 15) is 13.2 Å². The van der Waals surface area contributed by atoms with Crippen LogP contribution >= 0.6 is 0 Å². The maximum Gasteiger partial charge on any atom is 0.309 e. The van der Waals surface area contributed by atoms with Gasteiger partial charge in [-0.25, -0.2) is 8.42 Å². The first-order chi connectivity index (χ1) is 8.86. The standard InChI is InChI=1S/C12H12N2O4S/c1-8-4-11(3-2-9(8)5-13)19(17,18)14-6-10(7-14)12(15)16/h2-4,10H,6-7H2,1H3,(H,15,16). The molecule has 1 aliphatic heterocycles. The minimum atomic E-state index is -3.66. The Bertz CT molecular complexity index is 669. The Morgan fingerprint density at radius 1 is 1.47 bits per heavy atom. The lowest BCUT2D eigenvalue weighted by atomic mass is 10.0.